The molecule has 1 aliphatic rings. The third-order valence-electron chi connectivity index (χ3n) is 3.97. The van der Waals surface area contributed by atoms with Gasteiger partial charge in [0.2, 0.25) is 17.7 Å². The van der Waals surface area contributed by atoms with E-state index in [1.54, 1.807) is 18.3 Å². The van der Waals surface area contributed by atoms with Crippen LogP contribution in [-0.4, -0.2) is 39.9 Å². The Morgan fingerprint density at radius 2 is 2.16 bits per heavy atom. The number of ether oxygens (including phenoxy) is 1. The van der Waals surface area contributed by atoms with E-state index in [2.05, 4.69) is 10.3 Å². The van der Waals surface area contributed by atoms with Gasteiger partial charge in [0.05, 0.1) is 11.6 Å². The molecule has 1 aliphatic heterocycles. The highest BCUT2D eigenvalue weighted by molar-refractivity contribution is 8.00. The van der Waals surface area contributed by atoms with Crippen LogP contribution in [0.5, 0.6) is 11.6 Å². The fourth-order valence-corrected chi connectivity index (χ4v) is 3.31. The van der Waals surface area contributed by atoms with E-state index in [1.807, 2.05) is 32.0 Å². The summed E-state index contributed by atoms with van der Waals surface area (Å²) in [6.07, 6.45) is 1.61. The van der Waals surface area contributed by atoms with E-state index in [0.29, 0.717) is 28.9 Å². The Hall–Kier alpha value is -2.54. The molecule has 130 valence electrons. The van der Waals surface area contributed by atoms with Crippen LogP contribution in [0.3, 0.4) is 0 Å². The first-order valence-corrected chi connectivity index (χ1v) is 9.04. The lowest BCUT2D eigenvalue weighted by Gasteiger charge is -2.16. The number of hydrogen-bond acceptors (Lipinski definition) is 5. The highest BCUT2D eigenvalue weighted by atomic mass is 32.2. The highest BCUT2D eigenvalue weighted by Crippen LogP contribution is 2.30. The molecule has 3 rings (SSSR count). The Morgan fingerprint density at radius 3 is 2.92 bits per heavy atom. The lowest BCUT2D eigenvalue weighted by atomic mass is 10.1. The summed E-state index contributed by atoms with van der Waals surface area (Å²) >= 11 is 1.51. The number of nitrogens with one attached hydrogen (secondary N) is 1. The fraction of sp³-hybridized carbons (Fsp3) is 0.278. The lowest BCUT2D eigenvalue weighted by molar-refractivity contribution is -0.130. The summed E-state index contributed by atoms with van der Waals surface area (Å²) in [5, 5.41) is 2.78. The number of thioether (sulfide) groups is 1. The number of aromatic nitrogens is 1. The van der Waals surface area contributed by atoms with E-state index < -0.39 is 0 Å². The number of carbonyl (C=O) groups is 2. The number of rotatable bonds is 5. The molecule has 0 bridgehead atoms. The number of benzene rings is 1. The summed E-state index contributed by atoms with van der Waals surface area (Å²) in [5.41, 5.74) is 2.61. The van der Waals surface area contributed by atoms with E-state index in [9.17, 15) is 9.59 Å². The molecule has 1 fully saturated rings. The van der Waals surface area contributed by atoms with Crippen molar-refractivity contribution in [3.05, 3.63) is 47.7 Å². The van der Waals surface area contributed by atoms with Crippen molar-refractivity contribution >= 4 is 29.3 Å². The lowest BCUT2D eigenvalue weighted by Crippen LogP contribution is -2.34. The van der Waals surface area contributed by atoms with Crippen LogP contribution in [-0.2, 0) is 9.59 Å². The van der Waals surface area contributed by atoms with E-state index in [-0.39, 0.29) is 18.4 Å². The molecule has 0 saturated carbocycles. The average Bonchev–Trinajstić information content (AvgIpc) is 2.98. The van der Waals surface area contributed by atoms with Gasteiger partial charge in [0, 0.05) is 6.20 Å². The second-order valence-electron chi connectivity index (χ2n) is 5.77. The van der Waals surface area contributed by atoms with Crippen LogP contribution in [0, 0.1) is 13.8 Å². The molecular formula is C18H19N3O3S. The molecule has 2 amide bonds. The smallest absolute Gasteiger partial charge is 0.244 e. The number of amides is 2. The highest BCUT2D eigenvalue weighted by Gasteiger charge is 2.23. The van der Waals surface area contributed by atoms with Crippen molar-refractivity contribution in [3.8, 4) is 11.6 Å². The number of hydrogen-bond donors (Lipinski definition) is 1. The van der Waals surface area contributed by atoms with Gasteiger partial charge < -0.3 is 15.0 Å². The van der Waals surface area contributed by atoms with Crippen molar-refractivity contribution in [3.63, 3.8) is 0 Å². The number of nitrogens with zero attached hydrogens (tertiary/aromatic N) is 2. The van der Waals surface area contributed by atoms with Crippen molar-refractivity contribution in [1.29, 1.82) is 0 Å². The Labute approximate surface area is 150 Å². The molecule has 0 spiro atoms. The Kier molecular flexibility index (Phi) is 5.23. The van der Waals surface area contributed by atoms with E-state index >= 15 is 0 Å². The van der Waals surface area contributed by atoms with E-state index in [0.717, 1.165) is 11.1 Å². The Bertz CT molecular complexity index is 810. The normalized spacial score (nSPS) is 13.8. The molecule has 1 N–H and O–H groups in total. The molecular weight excluding hydrogens is 338 g/mol. The molecule has 0 unspecified atom stereocenters. The van der Waals surface area contributed by atoms with Gasteiger partial charge >= 0.3 is 0 Å². The number of anilines is 1. The number of carbonyl (C=O) groups excluding carboxylic acids is 2. The van der Waals surface area contributed by atoms with Gasteiger partial charge in [-0.2, -0.15) is 0 Å². The maximum absolute atomic E-state index is 12.2. The molecule has 0 atom stereocenters. The summed E-state index contributed by atoms with van der Waals surface area (Å²) in [6.45, 7) is 4.01. The molecule has 25 heavy (non-hydrogen) atoms. The van der Waals surface area contributed by atoms with Crippen molar-refractivity contribution < 1.29 is 14.3 Å². The van der Waals surface area contributed by atoms with Crippen molar-refractivity contribution in [2.24, 2.45) is 0 Å². The van der Waals surface area contributed by atoms with Crippen molar-refractivity contribution in [1.82, 2.24) is 9.88 Å². The summed E-state index contributed by atoms with van der Waals surface area (Å²) < 4.78 is 5.90. The summed E-state index contributed by atoms with van der Waals surface area (Å²) in [5.74, 6) is 1.71. The molecule has 1 saturated heterocycles. The summed E-state index contributed by atoms with van der Waals surface area (Å²) in [6, 6.07) is 9.24. The van der Waals surface area contributed by atoms with Crippen LogP contribution in [0.4, 0.5) is 5.69 Å². The number of pyridine rings is 1. The first kappa shape index (κ1) is 17.3. The van der Waals surface area contributed by atoms with Crippen LogP contribution >= 0.6 is 11.8 Å². The molecule has 2 aromatic rings. The van der Waals surface area contributed by atoms with Gasteiger partial charge in [-0.25, -0.2) is 4.98 Å². The predicted octanol–water partition coefficient (Wildman–Crippen LogP) is 2.96. The monoisotopic (exact) mass is 357 g/mol. The van der Waals surface area contributed by atoms with Gasteiger partial charge in [-0.05, 0) is 43.2 Å². The van der Waals surface area contributed by atoms with Crippen LogP contribution < -0.4 is 10.1 Å². The Morgan fingerprint density at radius 1 is 1.32 bits per heavy atom. The zero-order chi connectivity index (χ0) is 17.8. The fourth-order valence-electron chi connectivity index (χ4n) is 2.41. The maximum atomic E-state index is 12.2. The van der Waals surface area contributed by atoms with Crippen molar-refractivity contribution in [2.75, 3.05) is 23.5 Å². The van der Waals surface area contributed by atoms with E-state index in [1.165, 1.54) is 16.7 Å². The minimum absolute atomic E-state index is 0.0156. The van der Waals surface area contributed by atoms with Gasteiger partial charge in [-0.15, -0.1) is 11.8 Å². The van der Waals surface area contributed by atoms with Gasteiger partial charge in [0.25, 0.3) is 0 Å². The first-order chi connectivity index (χ1) is 12.0. The largest absolute Gasteiger partial charge is 0.437 e. The van der Waals surface area contributed by atoms with Crippen LogP contribution in [0.15, 0.2) is 36.5 Å². The van der Waals surface area contributed by atoms with Crippen LogP contribution in [0.25, 0.3) is 0 Å². The zero-order valence-electron chi connectivity index (χ0n) is 14.1. The summed E-state index contributed by atoms with van der Waals surface area (Å²) in [7, 11) is 0. The van der Waals surface area contributed by atoms with E-state index in [4.69, 9.17) is 4.74 Å². The maximum Gasteiger partial charge on any atom is 0.244 e. The third-order valence-corrected chi connectivity index (χ3v) is 4.91. The average molecular weight is 357 g/mol. The topological polar surface area (TPSA) is 71.5 Å². The molecule has 0 aliphatic carbocycles. The second kappa shape index (κ2) is 7.57. The van der Waals surface area contributed by atoms with Crippen LogP contribution in [0.1, 0.15) is 11.1 Å². The predicted molar refractivity (Wildman–Crippen MR) is 97.9 cm³/mol. The minimum Gasteiger partial charge on any atom is -0.437 e. The second-order valence-corrected chi connectivity index (χ2v) is 6.73. The molecule has 0 radical (unpaired) electrons. The van der Waals surface area contributed by atoms with Gasteiger partial charge in [0.15, 0.2) is 0 Å². The minimum atomic E-state index is -0.269. The molecule has 7 heteroatoms. The third kappa shape index (κ3) is 4.11. The zero-order valence-corrected chi connectivity index (χ0v) is 14.9. The molecule has 1 aromatic heterocycles. The van der Waals surface area contributed by atoms with Gasteiger partial charge in [-0.1, -0.05) is 12.1 Å². The molecule has 1 aromatic carbocycles. The molecule has 2 heterocycles. The first-order valence-electron chi connectivity index (χ1n) is 7.89. The Balaban J connectivity index is 1.73. The van der Waals surface area contributed by atoms with Crippen LogP contribution in [0.2, 0.25) is 0 Å². The van der Waals surface area contributed by atoms with Gasteiger partial charge in [0.1, 0.15) is 18.0 Å². The van der Waals surface area contributed by atoms with Gasteiger partial charge in [-0.3, -0.25) is 9.59 Å². The standard InChI is InChI=1S/C18H19N3O3S/c1-12-5-3-7-15(13(12)2)24-18-14(6-4-8-19-18)20-16(22)9-21-11-25-10-17(21)23/h3-8H,9-11H2,1-2H3,(H,20,22). The van der Waals surface area contributed by atoms with Crippen molar-refractivity contribution in [2.45, 2.75) is 13.8 Å². The quantitative estimate of drug-likeness (QED) is 0.891. The summed E-state index contributed by atoms with van der Waals surface area (Å²) in [4.78, 5) is 29.6. The SMILES string of the molecule is Cc1cccc(Oc2ncccc2NC(=O)CN2CSCC2=O)c1C. The number of aryl methyl sites for hydroxylation is 1. The molecule has 6 nitrogen and oxygen atoms in total.